The molecular formula is C21H32N2O2S. The van der Waals surface area contributed by atoms with Gasteiger partial charge in [-0.1, -0.05) is 26.0 Å². The van der Waals surface area contributed by atoms with Gasteiger partial charge < -0.3 is 9.64 Å². The van der Waals surface area contributed by atoms with Gasteiger partial charge in [-0.2, -0.15) is 11.8 Å². The van der Waals surface area contributed by atoms with Crippen LogP contribution in [0.3, 0.4) is 0 Å². The molecule has 4 nitrogen and oxygen atoms in total. The van der Waals surface area contributed by atoms with E-state index in [4.69, 9.17) is 4.74 Å². The summed E-state index contributed by atoms with van der Waals surface area (Å²) in [6, 6.07) is 8.11. The molecule has 1 aromatic rings. The Morgan fingerprint density at radius 3 is 2.65 bits per heavy atom. The highest BCUT2D eigenvalue weighted by molar-refractivity contribution is 8.00. The number of benzene rings is 1. The largest absolute Gasteiger partial charge is 0.484 e. The summed E-state index contributed by atoms with van der Waals surface area (Å²) >= 11 is 2.01. The van der Waals surface area contributed by atoms with Crippen LogP contribution >= 0.6 is 11.8 Å². The number of ether oxygens (including phenoxy) is 1. The predicted molar refractivity (Wildman–Crippen MR) is 109 cm³/mol. The van der Waals surface area contributed by atoms with Gasteiger partial charge in [0.2, 0.25) is 0 Å². The third kappa shape index (κ3) is 5.40. The van der Waals surface area contributed by atoms with Gasteiger partial charge in [0.05, 0.1) is 6.17 Å². The standard InChI is InChI=1S/C21H32N2O2S/c1-16(2)17-8-10-18(11-9-17)25-15-21(24)23(14-19-6-5-13-26-19)20-7-3-4-12-22-20/h8-11,16,19-20,22H,3-7,12-15H2,1-2H3. The van der Waals surface area contributed by atoms with E-state index in [1.165, 1.54) is 37.0 Å². The zero-order valence-electron chi connectivity index (χ0n) is 16.1. The van der Waals surface area contributed by atoms with Crippen LogP contribution in [0.25, 0.3) is 0 Å². The smallest absolute Gasteiger partial charge is 0.261 e. The minimum Gasteiger partial charge on any atom is -0.484 e. The minimum atomic E-state index is 0.102. The topological polar surface area (TPSA) is 41.6 Å². The molecule has 26 heavy (non-hydrogen) atoms. The zero-order valence-corrected chi connectivity index (χ0v) is 16.9. The van der Waals surface area contributed by atoms with Crippen molar-refractivity contribution in [2.24, 2.45) is 0 Å². The summed E-state index contributed by atoms with van der Waals surface area (Å²) in [5.41, 5.74) is 1.29. The molecular weight excluding hydrogens is 344 g/mol. The monoisotopic (exact) mass is 376 g/mol. The summed E-state index contributed by atoms with van der Waals surface area (Å²) in [4.78, 5) is 15.0. The van der Waals surface area contributed by atoms with E-state index in [1.54, 1.807) is 0 Å². The number of nitrogens with one attached hydrogen (secondary N) is 1. The average molecular weight is 377 g/mol. The second kappa shape index (κ2) is 9.65. The Bertz CT molecular complexity index is 564. The van der Waals surface area contributed by atoms with Gasteiger partial charge in [-0.3, -0.25) is 10.1 Å². The zero-order chi connectivity index (χ0) is 18.4. The summed E-state index contributed by atoms with van der Waals surface area (Å²) in [7, 11) is 0. The van der Waals surface area contributed by atoms with E-state index in [9.17, 15) is 4.79 Å². The SMILES string of the molecule is CC(C)c1ccc(OCC(=O)N(CC2CCCS2)C2CCCCN2)cc1. The van der Waals surface area contributed by atoms with Gasteiger partial charge in [0.15, 0.2) is 6.61 Å². The third-order valence-electron chi connectivity index (χ3n) is 5.31. The van der Waals surface area contributed by atoms with Crippen LogP contribution in [0.4, 0.5) is 0 Å². The molecule has 2 aliphatic rings. The number of nitrogens with zero attached hydrogens (tertiary/aromatic N) is 1. The van der Waals surface area contributed by atoms with Gasteiger partial charge in [0.1, 0.15) is 5.75 Å². The van der Waals surface area contributed by atoms with Gasteiger partial charge in [0.25, 0.3) is 5.91 Å². The lowest BCUT2D eigenvalue weighted by Gasteiger charge is -2.36. The maximum Gasteiger partial charge on any atom is 0.261 e. The van der Waals surface area contributed by atoms with E-state index >= 15 is 0 Å². The third-order valence-corrected chi connectivity index (χ3v) is 6.69. The lowest BCUT2D eigenvalue weighted by Crippen LogP contribution is -2.53. The maximum atomic E-state index is 12.9. The number of thioether (sulfide) groups is 1. The average Bonchev–Trinajstić information content (AvgIpc) is 3.18. The fraction of sp³-hybridized carbons (Fsp3) is 0.667. The fourth-order valence-electron chi connectivity index (χ4n) is 3.69. The van der Waals surface area contributed by atoms with Gasteiger partial charge in [-0.25, -0.2) is 0 Å². The van der Waals surface area contributed by atoms with Crippen molar-refractivity contribution in [2.45, 2.75) is 63.3 Å². The molecule has 2 fully saturated rings. The van der Waals surface area contributed by atoms with E-state index < -0.39 is 0 Å². The first-order chi connectivity index (χ1) is 12.6. The van der Waals surface area contributed by atoms with E-state index in [-0.39, 0.29) is 18.7 Å². The molecule has 5 heteroatoms. The van der Waals surface area contributed by atoms with Crippen LogP contribution in [-0.2, 0) is 4.79 Å². The van der Waals surface area contributed by atoms with Gasteiger partial charge >= 0.3 is 0 Å². The molecule has 1 aromatic carbocycles. The number of rotatable bonds is 7. The van der Waals surface area contributed by atoms with Crippen molar-refractivity contribution in [1.29, 1.82) is 0 Å². The summed E-state index contributed by atoms with van der Waals surface area (Å²) in [6.45, 7) is 6.32. The van der Waals surface area contributed by atoms with E-state index in [0.717, 1.165) is 25.3 Å². The molecule has 2 saturated heterocycles. The van der Waals surface area contributed by atoms with Crippen LogP contribution in [0.2, 0.25) is 0 Å². The number of carbonyl (C=O) groups excluding carboxylic acids is 1. The first kappa shape index (κ1) is 19.6. The Morgan fingerprint density at radius 2 is 2.04 bits per heavy atom. The quantitative estimate of drug-likeness (QED) is 0.781. The van der Waals surface area contributed by atoms with Crippen molar-refractivity contribution in [2.75, 3.05) is 25.4 Å². The molecule has 3 rings (SSSR count). The van der Waals surface area contributed by atoms with Crippen molar-refractivity contribution >= 4 is 17.7 Å². The molecule has 2 heterocycles. The number of hydrogen-bond acceptors (Lipinski definition) is 4. The molecule has 0 saturated carbocycles. The predicted octanol–water partition coefficient (Wildman–Crippen LogP) is 4.01. The highest BCUT2D eigenvalue weighted by Gasteiger charge is 2.29. The summed E-state index contributed by atoms with van der Waals surface area (Å²) in [5.74, 6) is 2.60. The Morgan fingerprint density at radius 1 is 1.23 bits per heavy atom. The highest BCUT2D eigenvalue weighted by Crippen LogP contribution is 2.28. The van der Waals surface area contributed by atoms with Crippen LogP contribution in [0.15, 0.2) is 24.3 Å². The van der Waals surface area contributed by atoms with Crippen LogP contribution in [-0.4, -0.2) is 47.7 Å². The Balaban J connectivity index is 1.58. The summed E-state index contributed by atoms with van der Waals surface area (Å²) in [5, 5.41) is 4.11. The van der Waals surface area contributed by atoms with Gasteiger partial charge in [-0.05, 0) is 68.0 Å². The normalized spacial score (nSPS) is 23.2. The number of amides is 1. The molecule has 0 aliphatic carbocycles. The highest BCUT2D eigenvalue weighted by atomic mass is 32.2. The minimum absolute atomic E-state index is 0.102. The van der Waals surface area contributed by atoms with Crippen molar-refractivity contribution in [3.8, 4) is 5.75 Å². The van der Waals surface area contributed by atoms with Crippen LogP contribution in [0.5, 0.6) is 5.75 Å². The lowest BCUT2D eigenvalue weighted by molar-refractivity contribution is -0.137. The Labute approximate surface area is 162 Å². The Kier molecular flexibility index (Phi) is 7.26. The van der Waals surface area contributed by atoms with Crippen molar-refractivity contribution in [3.05, 3.63) is 29.8 Å². The fourth-order valence-corrected chi connectivity index (χ4v) is 4.95. The second-order valence-corrected chi connectivity index (χ2v) is 9.07. The van der Waals surface area contributed by atoms with Gasteiger partial charge in [-0.15, -0.1) is 0 Å². The van der Waals surface area contributed by atoms with Crippen LogP contribution < -0.4 is 10.1 Å². The first-order valence-electron chi connectivity index (χ1n) is 10.0. The molecule has 2 unspecified atom stereocenters. The molecule has 2 atom stereocenters. The van der Waals surface area contributed by atoms with E-state index in [2.05, 4.69) is 31.3 Å². The van der Waals surface area contributed by atoms with Crippen molar-refractivity contribution < 1.29 is 9.53 Å². The molecule has 0 aromatic heterocycles. The number of hydrogen-bond donors (Lipinski definition) is 1. The summed E-state index contributed by atoms with van der Waals surface area (Å²) < 4.78 is 5.81. The Hall–Kier alpha value is -1.20. The molecule has 144 valence electrons. The number of carbonyl (C=O) groups is 1. The van der Waals surface area contributed by atoms with Crippen LogP contribution in [0, 0.1) is 0 Å². The molecule has 0 bridgehead atoms. The molecule has 0 spiro atoms. The lowest BCUT2D eigenvalue weighted by atomic mass is 10.0. The van der Waals surface area contributed by atoms with Gasteiger partial charge in [0, 0.05) is 11.8 Å². The molecule has 2 aliphatic heterocycles. The van der Waals surface area contributed by atoms with E-state index in [1.807, 2.05) is 28.8 Å². The number of piperidine rings is 1. The first-order valence-corrected chi connectivity index (χ1v) is 11.1. The maximum absolute atomic E-state index is 12.9. The van der Waals surface area contributed by atoms with E-state index in [0.29, 0.717) is 11.2 Å². The van der Waals surface area contributed by atoms with Crippen molar-refractivity contribution in [1.82, 2.24) is 10.2 Å². The second-order valence-electron chi connectivity index (χ2n) is 7.66. The van der Waals surface area contributed by atoms with Crippen LogP contribution in [0.1, 0.15) is 57.4 Å². The molecule has 1 N–H and O–H groups in total. The molecule has 0 radical (unpaired) electrons. The summed E-state index contributed by atoms with van der Waals surface area (Å²) in [6.07, 6.45) is 6.11. The molecule has 1 amide bonds. The van der Waals surface area contributed by atoms with Crippen molar-refractivity contribution in [3.63, 3.8) is 0 Å².